The molecule has 0 fully saturated rings. The van der Waals surface area contributed by atoms with Gasteiger partial charge < -0.3 is 5.11 Å². The highest BCUT2D eigenvalue weighted by molar-refractivity contribution is 5.42. The van der Waals surface area contributed by atoms with Gasteiger partial charge in [-0.2, -0.15) is 0 Å². The van der Waals surface area contributed by atoms with E-state index < -0.39 is 4.92 Å². The Morgan fingerprint density at radius 1 is 1.54 bits per heavy atom. The molecule has 0 heterocycles. The number of benzene rings is 1. The van der Waals surface area contributed by atoms with Gasteiger partial charge in [0.1, 0.15) is 0 Å². The van der Waals surface area contributed by atoms with E-state index in [9.17, 15) is 10.1 Å². The van der Waals surface area contributed by atoms with E-state index in [0.717, 1.165) is 0 Å². The smallest absolute Gasteiger partial charge is 0.272 e. The molecule has 0 aliphatic heterocycles. The van der Waals surface area contributed by atoms with E-state index >= 15 is 0 Å². The highest BCUT2D eigenvalue weighted by atomic mass is 16.6. The molecule has 0 aromatic heterocycles. The molecule has 0 saturated heterocycles. The van der Waals surface area contributed by atoms with Crippen LogP contribution in [-0.2, 0) is 6.61 Å². The average molecular weight is 183 g/mol. The molecule has 1 aromatic carbocycles. The molecule has 1 aromatic rings. The molecule has 0 aliphatic carbocycles. The third kappa shape index (κ3) is 2.52. The maximum Gasteiger partial charge on any atom is 0.272 e. The van der Waals surface area contributed by atoms with Crippen LogP contribution in [0.5, 0.6) is 0 Å². The number of aliphatic hydroxyl groups is 1. The minimum absolute atomic E-state index is 0. The van der Waals surface area contributed by atoms with E-state index in [2.05, 4.69) is 0 Å². The topological polar surface area (TPSA) is 63.4 Å². The van der Waals surface area contributed by atoms with Crippen LogP contribution in [0.25, 0.3) is 0 Å². The lowest BCUT2D eigenvalue weighted by Gasteiger charge is -1.98. The Bertz CT molecular complexity index is 310. The summed E-state index contributed by atoms with van der Waals surface area (Å²) in [5, 5.41) is 19.1. The third-order valence-corrected chi connectivity index (χ3v) is 1.65. The van der Waals surface area contributed by atoms with Crippen molar-refractivity contribution < 1.29 is 10.0 Å². The van der Waals surface area contributed by atoms with Gasteiger partial charge in [-0.15, -0.1) is 0 Å². The van der Waals surface area contributed by atoms with Gasteiger partial charge in [-0.25, -0.2) is 0 Å². The highest BCUT2D eigenvalue weighted by Gasteiger charge is 2.09. The fraction of sp³-hybridized carbons (Fsp3) is 0.333. The summed E-state index contributed by atoms with van der Waals surface area (Å²) in [5.74, 6) is 0. The molecule has 0 spiro atoms. The average Bonchev–Trinajstić information content (AvgIpc) is 2.05. The van der Waals surface area contributed by atoms with E-state index in [1.165, 1.54) is 6.07 Å². The molecule has 0 aliphatic rings. The lowest BCUT2D eigenvalue weighted by Crippen LogP contribution is -1.93. The van der Waals surface area contributed by atoms with E-state index in [-0.39, 0.29) is 19.7 Å². The van der Waals surface area contributed by atoms with Gasteiger partial charge >= 0.3 is 0 Å². The van der Waals surface area contributed by atoms with Gasteiger partial charge in [0.2, 0.25) is 0 Å². The van der Waals surface area contributed by atoms with E-state index in [0.29, 0.717) is 11.1 Å². The van der Waals surface area contributed by atoms with Crippen molar-refractivity contribution in [3.63, 3.8) is 0 Å². The number of hydrogen-bond donors (Lipinski definition) is 1. The molecule has 0 radical (unpaired) electrons. The van der Waals surface area contributed by atoms with Gasteiger partial charge in [0.15, 0.2) is 0 Å². The van der Waals surface area contributed by atoms with Gasteiger partial charge in [0, 0.05) is 11.6 Å². The zero-order valence-electron chi connectivity index (χ0n) is 6.65. The van der Waals surface area contributed by atoms with Gasteiger partial charge in [-0.05, 0) is 12.5 Å². The van der Waals surface area contributed by atoms with Crippen molar-refractivity contribution in [2.24, 2.45) is 0 Å². The Balaban J connectivity index is 0.00000144. The van der Waals surface area contributed by atoms with Gasteiger partial charge in [0.05, 0.1) is 11.5 Å². The summed E-state index contributed by atoms with van der Waals surface area (Å²) in [5.41, 5.74) is 1.23. The normalized spacial score (nSPS) is 9.08. The van der Waals surface area contributed by atoms with Crippen LogP contribution in [0.3, 0.4) is 0 Å². The SMILES string of the molecule is C.Cc1ccc(CO)cc1[N+](=O)[O-]. The summed E-state index contributed by atoms with van der Waals surface area (Å²) in [6.07, 6.45) is 0. The number of hydrogen-bond acceptors (Lipinski definition) is 3. The fourth-order valence-corrected chi connectivity index (χ4v) is 0.950. The molecule has 4 nitrogen and oxygen atoms in total. The van der Waals surface area contributed by atoms with Crippen molar-refractivity contribution in [2.75, 3.05) is 0 Å². The Kier molecular flexibility index (Phi) is 4.07. The minimum atomic E-state index is -0.450. The van der Waals surface area contributed by atoms with Crippen LogP contribution in [0.2, 0.25) is 0 Å². The molecular weight excluding hydrogens is 170 g/mol. The minimum Gasteiger partial charge on any atom is -0.392 e. The molecular formula is C9H13NO3. The van der Waals surface area contributed by atoms with Crippen LogP contribution in [0.1, 0.15) is 18.6 Å². The van der Waals surface area contributed by atoms with Crippen molar-refractivity contribution in [1.82, 2.24) is 0 Å². The lowest BCUT2D eigenvalue weighted by molar-refractivity contribution is -0.385. The van der Waals surface area contributed by atoms with Crippen molar-refractivity contribution in [3.8, 4) is 0 Å². The Morgan fingerprint density at radius 2 is 2.15 bits per heavy atom. The van der Waals surface area contributed by atoms with Crippen LogP contribution in [0.15, 0.2) is 18.2 Å². The molecule has 0 saturated carbocycles. The zero-order chi connectivity index (χ0) is 9.14. The first-order chi connectivity index (χ1) is 5.65. The van der Waals surface area contributed by atoms with Crippen LogP contribution < -0.4 is 0 Å². The van der Waals surface area contributed by atoms with Gasteiger partial charge in [-0.1, -0.05) is 19.6 Å². The second-order valence-electron chi connectivity index (χ2n) is 2.54. The van der Waals surface area contributed by atoms with Crippen LogP contribution >= 0.6 is 0 Å². The molecule has 1 rings (SSSR count). The fourth-order valence-electron chi connectivity index (χ4n) is 0.950. The summed E-state index contributed by atoms with van der Waals surface area (Å²) in [6.45, 7) is 1.50. The van der Waals surface area contributed by atoms with Crippen LogP contribution in [-0.4, -0.2) is 10.0 Å². The second-order valence-corrected chi connectivity index (χ2v) is 2.54. The summed E-state index contributed by atoms with van der Waals surface area (Å²) < 4.78 is 0. The molecule has 0 amide bonds. The van der Waals surface area contributed by atoms with Crippen LogP contribution in [0.4, 0.5) is 5.69 Å². The summed E-state index contributed by atoms with van der Waals surface area (Å²) in [6, 6.07) is 4.68. The number of rotatable bonds is 2. The molecule has 0 unspecified atom stereocenters. The van der Waals surface area contributed by atoms with Gasteiger partial charge in [0.25, 0.3) is 5.69 Å². The predicted octanol–water partition coefficient (Wildman–Crippen LogP) is 2.03. The number of nitro groups is 1. The third-order valence-electron chi connectivity index (χ3n) is 1.65. The lowest BCUT2D eigenvalue weighted by atomic mass is 10.1. The monoisotopic (exact) mass is 183 g/mol. The first-order valence-corrected chi connectivity index (χ1v) is 3.50. The highest BCUT2D eigenvalue weighted by Crippen LogP contribution is 2.18. The molecule has 13 heavy (non-hydrogen) atoms. The summed E-state index contributed by atoms with van der Waals surface area (Å²) >= 11 is 0. The Morgan fingerprint density at radius 3 is 2.62 bits per heavy atom. The number of nitrogens with zero attached hydrogens (tertiary/aromatic N) is 1. The van der Waals surface area contributed by atoms with E-state index in [4.69, 9.17) is 5.11 Å². The zero-order valence-corrected chi connectivity index (χ0v) is 6.65. The largest absolute Gasteiger partial charge is 0.392 e. The second kappa shape index (κ2) is 4.57. The summed E-state index contributed by atoms with van der Waals surface area (Å²) in [7, 11) is 0. The van der Waals surface area contributed by atoms with Crippen molar-refractivity contribution in [2.45, 2.75) is 21.0 Å². The first kappa shape index (κ1) is 11.6. The van der Waals surface area contributed by atoms with Crippen LogP contribution in [0, 0.1) is 17.0 Å². The number of aryl methyl sites for hydroxylation is 1. The van der Waals surface area contributed by atoms with E-state index in [1.807, 2.05) is 0 Å². The van der Waals surface area contributed by atoms with Crippen molar-refractivity contribution >= 4 is 5.69 Å². The molecule has 4 heteroatoms. The molecule has 1 N–H and O–H groups in total. The predicted molar refractivity (Wildman–Crippen MR) is 50.5 cm³/mol. The Hall–Kier alpha value is -1.42. The van der Waals surface area contributed by atoms with Gasteiger partial charge in [-0.3, -0.25) is 10.1 Å². The standard InChI is InChI=1S/C8H9NO3.CH4/c1-6-2-3-7(5-10)4-8(6)9(11)12;/h2-4,10H,5H2,1H3;1H4. The molecule has 0 bridgehead atoms. The molecule has 72 valence electrons. The number of nitro benzene ring substituents is 1. The summed E-state index contributed by atoms with van der Waals surface area (Å²) in [4.78, 5) is 9.96. The Labute approximate surface area is 77.0 Å². The number of aliphatic hydroxyl groups excluding tert-OH is 1. The maximum atomic E-state index is 10.4. The quantitative estimate of drug-likeness (QED) is 0.563. The van der Waals surface area contributed by atoms with Crippen molar-refractivity contribution in [1.29, 1.82) is 0 Å². The first-order valence-electron chi connectivity index (χ1n) is 3.50. The molecule has 0 atom stereocenters. The van der Waals surface area contributed by atoms with Crippen molar-refractivity contribution in [3.05, 3.63) is 39.4 Å². The maximum absolute atomic E-state index is 10.4. The van der Waals surface area contributed by atoms with E-state index in [1.54, 1.807) is 19.1 Å².